The fourth-order valence-electron chi connectivity index (χ4n) is 4.29. The van der Waals surface area contributed by atoms with Crippen molar-refractivity contribution in [3.63, 3.8) is 0 Å². The maximum atomic E-state index is 12.5. The van der Waals surface area contributed by atoms with Crippen molar-refractivity contribution >= 4 is 18.0 Å². The van der Waals surface area contributed by atoms with Gasteiger partial charge in [0.25, 0.3) is 0 Å². The van der Waals surface area contributed by atoms with Crippen molar-refractivity contribution in [2.24, 2.45) is 0 Å². The van der Waals surface area contributed by atoms with Crippen LogP contribution < -0.4 is 28.4 Å². The summed E-state index contributed by atoms with van der Waals surface area (Å²) >= 11 is 0. The zero-order valence-corrected chi connectivity index (χ0v) is 26.4. The van der Waals surface area contributed by atoms with Gasteiger partial charge >= 0.3 is 11.9 Å². The number of rotatable bonds is 20. The summed E-state index contributed by atoms with van der Waals surface area (Å²) in [5.41, 5.74) is 1.07. The Bertz CT molecular complexity index is 1150. The Balaban J connectivity index is 1.60. The van der Waals surface area contributed by atoms with Crippen LogP contribution in [0.15, 0.2) is 30.3 Å². The van der Waals surface area contributed by atoms with Gasteiger partial charge in [-0.05, 0) is 88.1 Å². The van der Waals surface area contributed by atoms with Gasteiger partial charge in [-0.25, -0.2) is 9.59 Å². The topological polar surface area (TPSA) is 111 Å². The van der Waals surface area contributed by atoms with Crippen molar-refractivity contribution in [1.82, 2.24) is 4.90 Å². The van der Waals surface area contributed by atoms with E-state index >= 15 is 0 Å². The van der Waals surface area contributed by atoms with Gasteiger partial charge in [0.2, 0.25) is 11.5 Å². The number of carbonyl (C=O) groups is 2. The number of esters is 2. The molecule has 0 aliphatic heterocycles. The summed E-state index contributed by atoms with van der Waals surface area (Å²) in [6.45, 7) is 2.51. The minimum absolute atomic E-state index is 0.332. The van der Waals surface area contributed by atoms with E-state index in [1.54, 1.807) is 30.3 Å². The number of hydrogen-bond donors (Lipinski definition) is 0. The van der Waals surface area contributed by atoms with Crippen LogP contribution in [-0.4, -0.2) is 92.8 Å². The second kappa shape index (κ2) is 19.1. The lowest BCUT2D eigenvalue weighted by molar-refractivity contribution is -0.137. The minimum Gasteiger partial charge on any atom is -0.493 e. The second-order valence-electron chi connectivity index (χ2n) is 9.58. The SMILES string of the molecule is COc1cc(/C=C/C(=O)OCCCCN(C)CCCCCOC(=O)c2cc(OC)c(OC)c(OC)c2)cc(OC)c1OC. The van der Waals surface area contributed by atoms with Gasteiger partial charge in [-0.3, -0.25) is 0 Å². The lowest BCUT2D eigenvalue weighted by Gasteiger charge is -2.16. The molecule has 0 spiro atoms. The third kappa shape index (κ3) is 11.2. The van der Waals surface area contributed by atoms with Crippen LogP contribution in [0, 0.1) is 0 Å². The molecule has 0 saturated carbocycles. The largest absolute Gasteiger partial charge is 0.493 e. The molecule has 43 heavy (non-hydrogen) atoms. The summed E-state index contributed by atoms with van der Waals surface area (Å²) in [6.07, 6.45) is 7.40. The molecule has 0 N–H and O–H groups in total. The Morgan fingerprint density at radius 3 is 1.60 bits per heavy atom. The van der Waals surface area contributed by atoms with E-state index in [-0.39, 0.29) is 0 Å². The molecule has 11 nitrogen and oxygen atoms in total. The van der Waals surface area contributed by atoms with E-state index in [0.29, 0.717) is 53.3 Å². The van der Waals surface area contributed by atoms with Crippen LogP contribution in [0.3, 0.4) is 0 Å². The zero-order valence-electron chi connectivity index (χ0n) is 26.4. The molecular formula is C32H45NO10. The van der Waals surface area contributed by atoms with Gasteiger partial charge in [0.1, 0.15) is 0 Å². The molecule has 2 aromatic rings. The predicted octanol–water partition coefficient (Wildman–Crippen LogP) is 5.03. The third-order valence-corrected chi connectivity index (χ3v) is 6.60. The smallest absolute Gasteiger partial charge is 0.338 e. The molecule has 0 aromatic heterocycles. The molecule has 0 heterocycles. The number of hydrogen-bond acceptors (Lipinski definition) is 11. The van der Waals surface area contributed by atoms with Crippen LogP contribution in [0.1, 0.15) is 48.0 Å². The van der Waals surface area contributed by atoms with Gasteiger partial charge in [-0.15, -0.1) is 0 Å². The summed E-state index contributed by atoms with van der Waals surface area (Å²) in [5, 5.41) is 0. The molecule has 0 atom stereocenters. The van der Waals surface area contributed by atoms with Gasteiger partial charge in [0.05, 0.1) is 61.4 Å². The first-order valence-corrected chi connectivity index (χ1v) is 14.1. The molecule has 0 saturated heterocycles. The molecule has 0 bridgehead atoms. The standard InChI is InChI=1S/C32H45NO10/c1-33(15-9-8-11-18-43-32(35)24-21-27(38-4)31(41-7)28(22-24)39-5)16-10-12-17-42-29(34)14-13-23-19-25(36-2)30(40-6)26(20-23)37-3/h13-14,19-22H,8-12,15-18H2,1-7H3/b14-13+. The molecule has 0 unspecified atom stereocenters. The summed E-state index contributed by atoms with van der Waals surface area (Å²) < 4.78 is 42.6. The van der Waals surface area contributed by atoms with E-state index in [1.165, 1.54) is 48.7 Å². The third-order valence-electron chi connectivity index (χ3n) is 6.60. The highest BCUT2D eigenvalue weighted by molar-refractivity contribution is 5.91. The molecule has 11 heteroatoms. The van der Waals surface area contributed by atoms with Gasteiger partial charge in [0.15, 0.2) is 23.0 Å². The van der Waals surface area contributed by atoms with Crippen LogP contribution in [-0.2, 0) is 14.3 Å². The number of nitrogens with zero attached hydrogens (tertiary/aromatic N) is 1. The highest BCUT2D eigenvalue weighted by atomic mass is 16.5. The lowest BCUT2D eigenvalue weighted by atomic mass is 10.1. The average molecular weight is 604 g/mol. The molecule has 0 aliphatic carbocycles. The van der Waals surface area contributed by atoms with Crippen molar-refractivity contribution in [3.8, 4) is 34.5 Å². The Hall–Kier alpha value is -4.12. The molecule has 238 valence electrons. The quantitative estimate of drug-likeness (QED) is 0.115. The van der Waals surface area contributed by atoms with Crippen LogP contribution in [0.25, 0.3) is 6.08 Å². The van der Waals surface area contributed by atoms with Gasteiger partial charge in [0, 0.05) is 6.08 Å². The van der Waals surface area contributed by atoms with Gasteiger partial charge < -0.3 is 42.8 Å². The first-order chi connectivity index (χ1) is 20.8. The molecule has 0 fully saturated rings. The maximum absolute atomic E-state index is 12.5. The number of unbranched alkanes of at least 4 members (excludes halogenated alkanes) is 3. The number of carbonyl (C=O) groups excluding carboxylic acids is 2. The van der Waals surface area contributed by atoms with E-state index in [2.05, 4.69) is 11.9 Å². The Morgan fingerprint density at radius 2 is 1.09 bits per heavy atom. The molecule has 0 radical (unpaired) electrons. The van der Waals surface area contributed by atoms with Crippen LogP contribution in [0.5, 0.6) is 34.5 Å². The molecule has 2 aromatic carbocycles. The van der Waals surface area contributed by atoms with Crippen molar-refractivity contribution < 1.29 is 47.5 Å². The summed E-state index contributed by atoms with van der Waals surface area (Å²) in [6, 6.07) is 6.67. The summed E-state index contributed by atoms with van der Waals surface area (Å²) in [7, 11) is 11.2. The number of methoxy groups -OCH3 is 6. The highest BCUT2D eigenvalue weighted by Crippen LogP contribution is 2.39. The van der Waals surface area contributed by atoms with Crippen molar-refractivity contribution in [2.45, 2.75) is 32.1 Å². The van der Waals surface area contributed by atoms with E-state index in [4.69, 9.17) is 37.9 Å². The monoisotopic (exact) mass is 603 g/mol. The van der Waals surface area contributed by atoms with Crippen molar-refractivity contribution in [1.29, 1.82) is 0 Å². The van der Waals surface area contributed by atoms with E-state index in [0.717, 1.165) is 50.8 Å². The molecular weight excluding hydrogens is 558 g/mol. The predicted molar refractivity (Wildman–Crippen MR) is 163 cm³/mol. The molecule has 2 rings (SSSR count). The average Bonchev–Trinajstić information content (AvgIpc) is 3.03. The van der Waals surface area contributed by atoms with Gasteiger partial charge in [-0.1, -0.05) is 0 Å². The normalized spacial score (nSPS) is 10.9. The van der Waals surface area contributed by atoms with E-state index < -0.39 is 11.9 Å². The van der Waals surface area contributed by atoms with Gasteiger partial charge in [-0.2, -0.15) is 0 Å². The van der Waals surface area contributed by atoms with Crippen LogP contribution >= 0.6 is 0 Å². The van der Waals surface area contributed by atoms with E-state index in [1.807, 2.05) is 0 Å². The Kier molecular flexibility index (Phi) is 15.6. The first kappa shape index (κ1) is 35.1. The maximum Gasteiger partial charge on any atom is 0.338 e. The minimum atomic E-state index is -0.436. The second-order valence-corrected chi connectivity index (χ2v) is 9.58. The first-order valence-electron chi connectivity index (χ1n) is 14.1. The lowest BCUT2D eigenvalue weighted by Crippen LogP contribution is -2.21. The summed E-state index contributed by atoms with van der Waals surface area (Å²) in [4.78, 5) is 26.8. The summed E-state index contributed by atoms with van der Waals surface area (Å²) in [5.74, 6) is 1.89. The van der Waals surface area contributed by atoms with Crippen LogP contribution in [0.4, 0.5) is 0 Å². The van der Waals surface area contributed by atoms with E-state index in [9.17, 15) is 9.59 Å². The Morgan fingerprint density at radius 1 is 0.628 bits per heavy atom. The number of benzene rings is 2. The zero-order chi connectivity index (χ0) is 31.6. The molecule has 0 aliphatic rings. The Labute approximate surface area is 254 Å². The highest BCUT2D eigenvalue weighted by Gasteiger charge is 2.18. The fraction of sp³-hybridized carbons (Fsp3) is 0.500. The molecule has 0 amide bonds. The fourth-order valence-corrected chi connectivity index (χ4v) is 4.29. The van der Waals surface area contributed by atoms with Crippen LogP contribution in [0.2, 0.25) is 0 Å². The van der Waals surface area contributed by atoms with Crippen molar-refractivity contribution in [2.75, 3.05) is 76.0 Å². The number of ether oxygens (including phenoxy) is 8. The van der Waals surface area contributed by atoms with Crippen molar-refractivity contribution in [3.05, 3.63) is 41.5 Å².